The van der Waals surface area contributed by atoms with Crippen molar-refractivity contribution in [2.75, 3.05) is 5.73 Å². The predicted octanol–water partition coefficient (Wildman–Crippen LogP) is 1.30. The highest BCUT2D eigenvalue weighted by atomic mass is 16.3. The molecule has 0 aromatic carbocycles. The summed E-state index contributed by atoms with van der Waals surface area (Å²) in [5.74, 6) is 0.666. The molecule has 3 rings (SSSR count). The molecule has 25 heavy (non-hydrogen) atoms. The molecule has 0 saturated carbocycles. The molecule has 0 bridgehead atoms. The van der Waals surface area contributed by atoms with Crippen LogP contribution in [0.3, 0.4) is 0 Å². The zero-order valence-electron chi connectivity index (χ0n) is 14.5. The van der Waals surface area contributed by atoms with Gasteiger partial charge < -0.3 is 20.0 Å². The minimum absolute atomic E-state index is 0.0171. The summed E-state index contributed by atoms with van der Waals surface area (Å²) >= 11 is 0. The van der Waals surface area contributed by atoms with Crippen molar-refractivity contribution in [3.05, 3.63) is 41.1 Å². The molecule has 0 atom stereocenters. The number of imidazole rings is 1. The summed E-state index contributed by atoms with van der Waals surface area (Å²) in [6, 6.07) is 0. The molecule has 0 aliphatic rings. The fourth-order valence-electron chi connectivity index (χ4n) is 2.43. The molecule has 9 nitrogen and oxygen atoms in total. The normalized spacial score (nSPS) is 10.9. The molecule has 3 aromatic heterocycles. The third-order valence-corrected chi connectivity index (χ3v) is 4.06. The van der Waals surface area contributed by atoms with Crippen LogP contribution in [0.5, 0.6) is 0 Å². The molecule has 3 N–H and O–H groups in total. The number of anilines is 1. The molecule has 130 valence electrons. The van der Waals surface area contributed by atoms with Gasteiger partial charge in [0.15, 0.2) is 11.5 Å². The van der Waals surface area contributed by atoms with Gasteiger partial charge in [0, 0.05) is 12.7 Å². The van der Waals surface area contributed by atoms with Gasteiger partial charge in [0.25, 0.3) is 5.91 Å². The molecule has 0 radical (unpaired) electrons. The average molecular weight is 341 g/mol. The van der Waals surface area contributed by atoms with E-state index in [0.29, 0.717) is 17.3 Å². The number of nitrogens with zero attached hydrogens (tertiary/aromatic N) is 5. The van der Waals surface area contributed by atoms with E-state index in [1.165, 1.54) is 12.5 Å². The zero-order chi connectivity index (χ0) is 18.1. The number of rotatable bonds is 4. The topological polar surface area (TPSA) is 125 Å². The molecule has 0 aliphatic carbocycles. The van der Waals surface area contributed by atoms with E-state index in [1.807, 2.05) is 25.5 Å². The first-order valence-electron chi connectivity index (χ1n) is 7.69. The Morgan fingerprint density at radius 1 is 1.24 bits per heavy atom. The molecular weight excluding hydrogens is 322 g/mol. The van der Waals surface area contributed by atoms with Crippen LogP contribution in [0.4, 0.5) is 5.82 Å². The molecule has 1 amide bonds. The van der Waals surface area contributed by atoms with Gasteiger partial charge in [-0.05, 0) is 20.8 Å². The fraction of sp³-hybridized carbons (Fsp3) is 0.312. The van der Waals surface area contributed by atoms with Crippen LogP contribution in [0.2, 0.25) is 0 Å². The van der Waals surface area contributed by atoms with E-state index >= 15 is 0 Å². The molecule has 3 heterocycles. The lowest BCUT2D eigenvalue weighted by atomic mass is 10.2. The summed E-state index contributed by atoms with van der Waals surface area (Å²) in [6.07, 6.45) is 2.94. The first-order chi connectivity index (χ1) is 11.9. The molecular formula is C16H19N7O2. The number of nitrogens with two attached hydrogens (primary N) is 1. The van der Waals surface area contributed by atoms with Crippen LogP contribution in [0, 0.1) is 20.8 Å². The lowest BCUT2D eigenvalue weighted by Gasteiger charge is -2.09. The Morgan fingerprint density at radius 3 is 2.60 bits per heavy atom. The second kappa shape index (κ2) is 6.34. The van der Waals surface area contributed by atoms with Crippen LogP contribution in [0.25, 0.3) is 11.6 Å². The summed E-state index contributed by atoms with van der Waals surface area (Å²) in [5.41, 5.74) is 8.86. The fourth-order valence-corrected chi connectivity index (χ4v) is 2.43. The number of carbonyl (C=O) groups excluding carboxylic acids is 1. The van der Waals surface area contributed by atoms with Crippen LogP contribution in [-0.4, -0.2) is 30.4 Å². The first kappa shape index (κ1) is 16.6. The number of aromatic nitrogens is 5. The van der Waals surface area contributed by atoms with Crippen LogP contribution in [0.15, 0.2) is 16.9 Å². The minimum Gasteiger partial charge on any atom is -0.443 e. The van der Waals surface area contributed by atoms with Gasteiger partial charge in [0.2, 0.25) is 5.89 Å². The maximum Gasteiger partial charge on any atom is 0.274 e. The lowest BCUT2D eigenvalue weighted by molar-refractivity contribution is 0.0945. The van der Waals surface area contributed by atoms with Crippen molar-refractivity contribution in [2.24, 2.45) is 7.05 Å². The summed E-state index contributed by atoms with van der Waals surface area (Å²) in [7, 11) is 1.90. The number of amides is 1. The molecule has 0 saturated heterocycles. The quantitative estimate of drug-likeness (QED) is 0.732. The van der Waals surface area contributed by atoms with Crippen molar-refractivity contribution in [2.45, 2.75) is 27.3 Å². The van der Waals surface area contributed by atoms with Crippen molar-refractivity contribution in [1.82, 2.24) is 29.8 Å². The summed E-state index contributed by atoms with van der Waals surface area (Å²) < 4.78 is 7.14. The molecule has 0 unspecified atom stereocenters. The average Bonchev–Trinajstić information content (AvgIpc) is 3.19. The predicted molar refractivity (Wildman–Crippen MR) is 90.5 cm³/mol. The highest BCUT2D eigenvalue weighted by Gasteiger charge is 2.19. The van der Waals surface area contributed by atoms with Gasteiger partial charge in [0.05, 0.1) is 24.1 Å². The Morgan fingerprint density at radius 2 is 2.00 bits per heavy atom. The third kappa shape index (κ3) is 3.08. The standard InChI is InChI=1S/C16H19N7O2/c1-8-10(3)23(4)11(20-8)7-19-15(24)13-14(17)22-12(9(2)21-13)16-18-5-6-25-16/h5-6H,7H2,1-4H3,(H2,17,22)(H,19,24). The number of hydrogen-bond acceptors (Lipinski definition) is 7. The van der Waals surface area contributed by atoms with Crippen molar-refractivity contribution >= 4 is 11.7 Å². The largest absolute Gasteiger partial charge is 0.443 e. The highest BCUT2D eigenvalue weighted by molar-refractivity contribution is 5.96. The van der Waals surface area contributed by atoms with Crippen LogP contribution < -0.4 is 11.1 Å². The maximum absolute atomic E-state index is 12.4. The van der Waals surface area contributed by atoms with Crippen molar-refractivity contribution in [3.63, 3.8) is 0 Å². The number of nitrogen functional groups attached to an aromatic ring is 1. The second-order valence-corrected chi connectivity index (χ2v) is 5.67. The van der Waals surface area contributed by atoms with Crippen LogP contribution in [-0.2, 0) is 13.6 Å². The molecule has 0 fully saturated rings. The smallest absolute Gasteiger partial charge is 0.274 e. The zero-order valence-corrected chi connectivity index (χ0v) is 14.5. The minimum atomic E-state index is -0.412. The second-order valence-electron chi connectivity index (χ2n) is 5.67. The van der Waals surface area contributed by atoms with Gasteiger partial charge in [-0.1, -0.05) is 0 Å². The maximum atomic E-state index is 12.4. The number of aryl methyl sites for hydroxylation is 2. The van der Waals surface area contributed by atoms with Gasteiger partial charge >= 0.3 is 0 Å². The van der Waals surface area contributed by atoms with E-state index in [2.05, 4.69) is 25.3 Å². The molecule has 0 aliphatic heterocycles. The van der Waals surface area contributed by atoms with E-state index in [-0.39, 0.29) is 18.1 Å². The SMILES string of the molecule is Cc1nc(C(=O)NCc2nc(C)c(C)n2C)c(N)nc1-c1ncco1. The Balaban J connectivity index is 1.80. The molecule has 0 spiro atoms. The summed E-state index contributed by atoms with van der Waals surface area (Å²) in [4.78, 5) is 29.3. The van der Waals surface area contributed by atoms with Crippen molar-refractivity contribution in [3.8, 4) is 11.6 Å². The van der Waals surface area contributed by atoms with E-state index in [1.54, 1.807) is 6.92 Å². The Bertz CT molecular complexity index is 929. The first-order valence-corrected chi connectivity index (χ1v) is 7.69. The Kier molecular flexibility index (Phi) is 4.22. The Labute approximate surface area is 144 Å². The number of nitrogens with one attached hydrogen (secondary N) is 1. The van der Waals surface area contributed by atoms with Crippen LogP contribution >= 0.6 is 0 Å². The van der Waals surface area contributed by atoms with Gasteiger partial charge in [-0.25, -0.2) is 19.9 Å². The molecule has 9 heteroatoms. The van der Waals surface area contributed by atoms with Gasteiger partial charge in [-0.15, -0.1) is 0 Å². The monoisotopic (exact) mass is 341 g/mol. The summed E-state index contributed by atoms with van der Waals surface area (Å²) in [5, 5.41) is 2.78. The van der Waals surface area contributed by atoms with E-state index in [9.17, 15) is 4.79 Å². The van der Waals surface area contributed by atoms with Crippen LogP contribution in [0.1, 0.15) is 33.4 Å². The third-order valence-electron chi connectivity index (χ3n) is 4.06. The van der Waals surface area contributed by atoms with E-state index < -0.39 is 5.91 Å². The van der Waals surface area contributed by atoms with Crippen molar-refractivity contribution in [1.29, 1.82) is 0 Å². The Hall–Kier alpha value is -3.23. The molecule has 3 aromatic rings. The van der Waals surface area contributed by atoms with Gasteiger partial charge in [-0.3, -0.25) is 4.79 Å². The van der Waals surface area contributed by atoms with E-state index in [0.717, 1.165) is 17.2 Å². The lowest BCUT2D eigenvalue weighted by Crippen LogP contribution is -2.27. The number of carbonyl (C=O) groups is 1. The van der Waals surface area contributed by atoms with E-state index in [4.69, 9.17) is 10.2 Å². The number of oxazole rings is 1. The van der Waals surface area contributed by atoms with Crippen molar-refractivity contribution < 1.29 is 9.21 Å². The number of hydrogen-bond donors (Lipinski definition) is 2. The highest BCUT2D eigenvalue weighted by Crippen LogP contribution is 2.20. The van der Waals surface area contributed by atoms with Gasteiger partial charge in [-0.2, -0.15) is 0 Å². The van der Waals surface area contributed by atoms with Gasteiger partial charge in [0.1, 0.15) is 17.8 Å². The summed E-state index contributed by atoms with van der Waals surface area (Å²) in [6.45, 7) is 5.89.